The van der Waals surface area contributed by atoms with Crippen molar-refractivity contribution in [2.75, 3.05) is 47.0 Å². The molecule has 1 aliphatic rings. The number of nitrogens with zero attached hydrogens (tertiary/aromatic N) is 3. The van der Waals surface area contributed by atoms with Crippen molar-refractivity contribution >= 4 is 33.7 Å². The monoisotopic (exact) mass is 481 g/mol. The molecule has 11 heteroatoms. The zero-order valence-electron chi connectivity index (χ0n) is 17.7. The molecule has 2 aromatic rings. The van der Waals surface area contributed by atoms with E-state index in [1.807, 2.05) is 0 Å². The number of sulfonamides is 1. The van der Waals surface area contributed by atoms with Crippen LogP contribution in [0.25, 0.3) is 0 Å². The highest BCUT2D eigenvalue weighted by atomic mass is 35.5. The summed E-state index contributed by atoms with van der Waals surface area (Å²) in [6.45, 7) is 0.702. The van der Waals surface area contributed by atoms with Crippen molar-refractivity contribution in [2.45, 2.75) is 4.90 Å². The minimum atomic E-state index is -3.63. The van der Waals surface area contributed by atoms with Crippen LogP contribution >= 0.6 is 11.6 Å². The molecule has 172 valence electrons. The summed E-state index contributed by atoms with van der Waals surface area (Å²) in [6, 6.07) is 11.3. The summed E-state index contributed by atoms with van der Waals surface area (Å²) < 4.78 is 37.2. The fourth-order valence-electron chi connectivity index (χ4n) is 3.15. The molecule has 0 aromatic heterocycles. The van der Waals surface area contributed by atoms with Crippen LogP contribution in [0.4, 0.5) is 0 Å². The summed E-state index contributed by atoms with van der Waals surface area (Å²) >= 11 is 5.83. The number of halogens is 1. The minimum Gasteiger partial charge on any atom is -0.493 e. The van der Waals surface area contributed by atoms with Gasteiger partial charge in [0.15, 0.2) is 18.1 Å². The van der Waals surface area contributed by atoms with E-state index < -0.39 is 10.0 Å². The van der Waals surface area contributed by atoms with Crippen LogP contribution in [0.5, 0.6) is 11.5 Å². The number of carbonyl (C=O) groups excluding carboxylic acids is 1. The molecule has 32 heavy (non-hydrogen) atoms. The zero-order valence-corrected chi connectivity index (χ0v) is 19.3. The molecule has 0 radical (unpaired) electrons. The van der Waals surface area contributed by atoms with Crippen LogP contribution in [0, 0.1) is 0 Å². The number of oxime groups is 1. The third kappa shape index (κ3) is 5.70. The first-order valence-electron chi connectivity index (χ1n) is 9.76. The van der Waals surface area contributed by atoms with Crippen LogP contribution in [0.15, 0.2) is 52.5 Å². The Morgan fingerprint density at radius 1 is 1.03 bits per heavy atom. The average Bonchev–Trinajstić information content (AvgIpc) is 2.81. The van der Waals surface area contributed by atoms with Gasteiger partial charge in [0, 0.05) is 36.8 Å². The van der Waals surface area contributed by atoms with Gasteiger partial charge in [-0.3, -0.25) is 4.79 Å². The lowest BCUT2D eigenvalue weighted by Crippen LogP contribution is -2.51. The molecule has 1 heterocycles. The van der Waals surface area contributed by atoms with Gasteiger partial charge in [-0.2, -0.15) is 4.31 Å². The Morgan fingerprint density at radius 3 is 2.31 bits per heavy atom. The largest absolute Gasteiger partial charge is 0.493 e. The normalized spacial score (nSPS) is 15.0. The van der Waals surface area contributed by atoms with Gasteiger partial charge < -0.3 is 19.2 Å². The number of piperazine rings is 1. The van der Waals surface area contributed by atoms with Gasteiger partial charge in [-0.15, -0.1) is 0 Å². The van der Waals surface area contributed by atoms with Crippen molar-refractivity contribution in [3.63, 3.8) is 0 Å². The second-order valence-corrected chi connectivity index (χ2v) is 9.24. The Kier molecular flexibility index (Phi) is 7.94. The first kappa shape index (κ1) is 23.8. The maximum absolute atomic E-state index is 12.7. The third-order valence-corrected chi connectivity index (χ3v) is 7.08. The topological polar surface area (TPSA) is 97.7 Å². The summed E-state index contributed by atoms with van der Waals surface area (Å²) in [5, 5.41) is 4.29. The second-order valence-electron chi connectivity index (χ2n) is 6.86. The molecule has 1 saturated heterocycles. The Balaban J connectivity index is 1.48. The molecule has 0 unspecified atom stereocenters. The summed E-state index contributed by atoms with van der Waals surface area (Å²) in [4.78, 5) is 19.2. The van der Waals surface area contributed by atoms with Crippen LogP contribution in [0.1, 0.15) is 5.56 Å². The summed E-state index contributed by atoms with van der Waals surface area (Å²) in [5.41, 5.74) is 0.719. The van der Waals surface area contributed by atoms with Crippen molar-refractivity contribution in [3.8, 4) is 11.5 Å². The summed E-state index contributed by atoms with van der Waals surface area (Å²) in [5.74, 6) is 0.884. The minimum absolute atomic E-state index is 0.175. The van der Waals surface area contributed by atoms with Gasteiger partial charge in [-0.05, 0) is 42.5 Å². The number of rotatable bonds is 8. The van der Waals surface area contributed by atoms with Crippen molar-refractivity contribution in [1.29, 1.82) is 0 Å². The number of hydrogen-bond acceptors (Lipinski definition) is 7. The fraction of sp³-hybridized carbons (Fsp3) is 0.333. The maximum atomic E-state index is 12.7. The van der Waals surface area contributed by atoms with E-state index >= 15 is 0 Å². The Morgan fingerprint density at radius 2 is 1.69 bits per heavy atom. The van der Waals surface area contributed by atoms with Crippen molar-refractivity contribution in [2.24, 2.45) is 5.16 Å². The van der Waals surface area contributed by atoms with Crippen LogP contribution in [-0.2, 0) is 19.7 Å². The van der Waals surface area contributed by atoms with E-state index in [4.69, 9.17) is 25.9 Å². The molecule has 2 aromatic carbocycles. The number of amides is 1. The highest BCUT2D eigenvalue weighted by Crippen LogP contribution is 2.27. The Hall–Kier alpha value is -2.82. The Bertz CT molecular complexity index is 1070. The molecular weight excluding hydrogens is 458 g/mol. The van der Waals surface area contributed by atoms with E-state index in [1.54, 1.807) is 30.2 Å². The molecule has 1 amide bonds. The van der Waals surface area contributed by atoms with E-state index in [0.717, 1.165) is 5.56 Å². The summed E-state index contributed by atoms with van der Waals surface area (Å²) in [6.07, 6.45) is 1.46. The van der Waals surface area contributed by atoms with Gasteiger partial charge in [0.2, 0.25) is 10.0 Å². The van der Waals surface area contributed by atoms with E-state index in [0.29, 0.717) is 16.5 Å². The lowest BCUT2D eigenvalue weighted by Gasteiger charge is -2.33. The van der Waals surface area contributed by atoms with Crippen LogP contribution in [0.3, 0.4) is 0 Å². The van der Waals surface area contributed by atoms with Gasteiger partial charge in [0.05, 0.1) is 25.3 Å². The first-order valence-corrected chi connectivity index (χ1v) is 11.6. The van der Waals surface area contributed by atoms with Crippen LogP contribution < -0.4 is 9.47 Å². The molecule has 3 rings (SSSR count). The predicted molar refractivity (Wildman–Crippen MR) is 120 cm³/mol. The molecule has 9 nitrogen and oxygen atoms in total. The molecule has 1 fully saturated rings. The average molecular weight is 482 g/mol. The van der Waals surface area contributed by atoms with Crippen molar-refractivity contribution < 1.29 is 27.5 Å². The highest BCUT2D eigenvalue weighted by molar-refractivity contribution is 7.89. The van der Waals surface area contributed by atoms with Crippen molar-refractivity contribution in [3.05, 3.63) is 53.1 Å². The van der Waals surface area contributed by atoms with Gasteiger partial charge in [0.25, 0.3) is 5.91 Å². The van der Waals surface area contributed by atoms with Crippen LogP contribution in [0.2, 0.25) is 5.02 Å². The number of benzene rings is 2. The number of hydrogen-bond donors (Lipinski definition) is 0. The molecule has 0 saturated carbocycles. The smallest absolute Gasteiger partial charge is 0.263 e. The molecule has 0 N–H and O–H groups in total. The molecular formula is C21H24ClN3O6S. The second kappa shape index (κ2) is 10.7. The Labute approximate surface area is 192 Å². The van der Waals surface area contributed by atoms with Gasteiger partial charge in [0.1, 0.15) is 0 Å². The standard InChI is InChI=1S/C21H24ClN3O6S/c1-29-19-8-3-16(13-20(19)30-2)14-23-31-15-21(26)24-9-11-25(12-10-24)32(27,28)18-6-4-17(22)5-7-18/h3-8,13-14H,9-12,15H2,1-2H3/b23-14+. The lowest BCUT2D eigenvalue weighted by molar-refractivity contribution is -0.137. The summed E-state index contributed by atoms with van der Waals surface area (Å²) in [7, 11) is -0.543. The van der Waals surface area contributed by atoms with Crippen molar-refractivity contribution in [1.82, 2.24) is 9.21 Å². The maximum Gasteiger partial charge on any atom is 0.263 e. The molecule has 0 spiro atoms. The van der Waals surface area contributed by atoms with Gasteiger partial charge >= 0.3 is 0 Å². The van der Waals surface area contributed by atoms with E-state index in [2.05, 4.69) is 5.16 Å². The number of methoxy groups -OCH3 is 2. The zero-order chi connectivity index (χ0) is 23.1. The number of carbonyl (C=O) groups is 1. The highest BCUT2D eigenvalue weighted by Gasteiger charge is 2.30. The third-order valence-electron chi connectivity index (χ3n) is 4.91. The van der Waals surface area contributed by atoms with E-state index in [-0.39, 0.29) is 43.6 Å². The quantitative estimate of drug-likeness (QED) is 0.423. The molecule has 0 bridgehead atoms. The molecule has 0 aliphatic carbocycles. The molecule has 1 aliphatic heterocycles. The van der Waals surface area contributed by atoms with E-state index in [9.17, 15) is 13.2 Å². The van der Waals surface area contributed by atoms with E-state index in [1.165, 1.54) is 41.9 Å². The lowest BCUT2D eigenvalue weighted by atomic mass is 10.2. The van der Waals surface area contributed by atoms with Gasteiger partial charge in [-0.1, -0.05) is 16.8 Å². The predicted octanol–water partition coefficient (Wildman–Crippen LogP) is 2.24. The van der Waals surface area contributed by atoms with Gasteiger partial charge in [-0.25, -0.2) is 8.42 Å². The molecule has 0 atom stereocenters. The fourth-order valence-corrected chi connectivity index (χ4v) is 4.70. The van der Waals surface area contributed by atoms with Crippen LogP contribution in [-0.4, -0.2) is 76.8 Å². The SMILES string of the molecule is COc1ccc(/C=N/OCC(=O)N2CCN(S(=O)(=O)c3ccc(Cl)cc3)CC2)cc1OC. The number of ether oxygens (including phenoxy) is 2. The first-order chi connectivity index (χ1) is 15.3.